The van der Waals surface area contributed by atoms with Crippen LogP contribution in [0, 0.1) is 5.41 Å². The van der Waals surface area contributed by atoms with Crippen LogP contribution in [0.2, 0.25) is 10.0 Å². The number of halogens is 2. The molecule has 0 bridgehead atoms. The van der Waals surface area contributed by atoms with Gasteiger partial charge in [-0.2, -0.15) is 0 Å². The summed E-state index contributed by atoms with van der Waals surface area (Å²) in [7, 11) is 1.30. The van der Waals surface area contributed by atoms with Gasteiger partial charge in [0.15, 0.2) is 17.3 Å². The molecule has 8 nitrogen and oxygen atoms in total. The Hall–Kier alpha value is -2.13. The average Bonchev–Trinajstić information content (AvgIpc) is 3.04. The smallest absolute Gasteiger partial charge is 0.359 e. The number of nitrogens with two attached hydrogens (primary N) is 2. The molecule has 31 heavy (non-hydrogen) atoms. The van der Waals surface area contributed by atoms with Crippen LogP contribution in [-0.4, -0.2) is 54.9 Å². The third-order valence-electron chi connectivity index (χ3n) is 6.40. The Balaban J connectivity index is 1.70. The molecule has 166 valence electrons. The SMILES string of the molecule is COC(=O)c1nc(-c2cccc(Cl)c2Cl)nc(N)c1N1CCC2(CC1)CO[C@@H](C)[C@H]2N. The van der Waals surface area contributed by atoms with Crippen molar-refractivity contribution in [2.75, 3.05) is 37.4 Å². The molecule has 1 aromatic heterocycles. The van der Waals surface area contributed by atoms with Gasteiger partial charge < -0.3 is 25.8 Å². The van der Waals surface area contributed by atoms with Crippen molar-refractivity contribution in [3.63, 3.8) is 0 Å². The molecule has 10 heteroatoms. The summed E-state index contributed by atoms with van der Waals surface area (Å²) in [5, 5.41) is 0.645. The number of hydrogen-bond acceptors (Lipinski definition) is 8. The molecule has 0 unspecified atom stereocenters. The number of carbonyl (C=O) groups is 1. The molecule has 0 aliphatic carbocycles. The molecule has 2 aromatic rings. The Morgan fingerprint density at radius 1 is 1.29 bits per heavy atom. The van der Waals surface area contributed by atoms with E-state index < -0.39 is 5.97 Å². The Morgan fingerprint density at radius 3 is 2.61 bits per heavy atom. The molecule has 0 radical (unpaired) electrons. The van der Waals surface area contributed by atoms with Gasteiger partial charge in [0.1, 0.15) is 5.69 Å². The second kappa shape index (κ2) is 8.43. The summed E-state index contributed by atoms with van der Waals surface area (Å²) in [6.45, 7) is 3.95. The summed E-state index contributed by atoms with van der Waals surface area (Å²) in [6.07, 6.45) is 1.67. The molecule has 0 amide bonds. The third kappa shape index (κ3) is 3.82. The van der Waals surface area contributed by atoms with Crippen LogP contribution < -0.4 is 16.4 Å². The number of rotatable bonds is 3. The summed E-state index contributed by atoms with van der Waals surface area (Å²) >= 11 is 12.5. The van der Waals surface area contributed by atoms with Crippen LogP contribution in [0.15, 0.2) is 18.2 Å². The Kier molecular flexibility index (Phi) is 6.00. The van der Waals surface area contributed by atoms with Gasteiger partial charge in [-0.05, 0) is 31.9 Å². The van der Waals surface area contributed by atoms with E-state index in [0.29, 0.717) is 36.0 Å². The quantitative estimate of drug-likeness (QED) is 0.663. The normalized spacial score (nSPS) is 22.7. The van der Waals surface area contributed by atoms with E-state index in [1.165, 1.54) is 7.11 Å². The average molecular weight is 466 g/mol. The molecule has 2 saturated heterocycles. The molecule has 2 aliphatic rings. The number of anilines is 2. The van der Waals surface area contributed by atoms with Crippen molar-refractivity contribution in [1.82, 2.24) is 9.97 Å². The number of nitrogen functional groups attached to an aromatic ring is 1. The highest BCUT2D eigenvalue weighted by Gasteiger charge is 2.48. The number of piperidine rings is 1. The largest absolute Gasteiger partial charge is 0.464 e. The molecule has 3 heterocycles. The Labute approximate surface area is 190 Å². The standard InChI is InChI=1S/C21H25Cl2N5O3/c1-11-17(24)21(10-31-11)6-8-28(9-7-21)16-15(20(29)30-2)26-19(27-18(16)25)12-4-3-5-13(22)14(12)23/h3-5,11,17H,6-10,24H2,1-2H3,(H2,25,26,27)/t11-,17+/m0/s1. The van der Waals surface area contributed by atoms with Crippen molar-refractivity contribution >= 4 is 40.7 Å². The topological polar surface area (TPSA) is 117 Å². The van der Waals surface area contributed by atoms with Gasteiger partial charge in [-0.15, -0.1) is 0 Å². The van der Waals surface area contributed by atoms with Gasteiger partial charge in [0.25, 0.3) is 0 Å². The third-order valence-corrected chi connectivity index (χ3v) is 7.22. The number of aromatic nitrogens is 2. The summed E-state index contributed by atoms with van der Waals surface area (Å²) in [5.74, 6) is -0.210. The van der Waals surface area contributed by atoms with E-state index in [2.05, 4.69) is 9.97 Å². The maximum absolute atomic E-state index is 12.6. The van der Waals surface area contributed by atoms with Crippen LogP contribution in [0.5, 0.6) is 0 Å². The minimum Gasteiger partial charge on any atom is -0.464 e. The lowest BCUT2D eigenvalue weighted by atomic mass is 9.73. The highest BCUT2D eigenvalue weighted by atomic mass is 35.5. The fraction of sp³-hybridized carbons (Fsp3) is 0.476. The molecule has 2 atom stereocenters. The predicted molar refractivity (Wildman–Crippen MR) is 121 cm³/mol. The molecule has 2 aliphatic heterocycles. The summed E-state index contributed by atoms with van der Waals surface area (Å²) in [4.78, 5) is 23.5. The van der Waals surface area contributed by atoms with E-state index in [-0.39, 0.29) is 39.9 Å². The lowest BCUT2D eigenvalue weighted by Crippen LogP contribution is -2.51. The lowest BCUT2D eigenvalue weighted by molar-refractivity contribution is 0.0594. The van der Waals surface area contributed by atoms with Crippen LogP contribution in [0.1, 0.15) is 30.3 Å². The number of methoxy groups -OCH3 is 1. The molecule has 1 spiro atoms. The highest BCUT2D eigenvalue weighted by molar-refractivity contribution is 6.43. The van der Waals surface area contributed by atoms with Crippen LogP contribution in [0.4, 0.5) is 11.5 Å². The number of carbonyl (C=O) groups excluding carboxylic acids is 1. The van der Waals surface area contributed by atoms with Gasteiger partial charge in [0, 0.05) is 30.1 Å². The molecule has 0 saturated carbocycles. The second-order valence-corrected chi connectivity index (χ2v) is 8.90. The summed E-state index contributed by atoms with van der Waals surface area (Å²) < 4.78 is 10.8. The second-order valence-electron chi connectivity index (χ2n) is 8.11. The molecule has 2 fully saturated rings. The monoisotopic (exact) mass is 465 g/mol. The van der Waals surface area contributed by atoms with E-state index in [1.54, 1.807) is 18.2 Å². The van der Waals surface area contributed by atoms with E-state index in [1.807, 2.05) is 11.8 Å². The van der Waals surface area contributed by atoms with Gasteiger partial charge in [-0.25, -0.2) is 14.8 Å². The van der Waals surface area contributed by atoms with Gasteiger partial charge in [0.2, 0.25) is 0 Å². The van der Waals surface area contributed by atoms with Crippen molar-refractivity contribution in [1.29, 1.82) is 0 Å². The Morgan fingerprint density at radius 2 is 2.00 bits per heavy atom. The zero-order valence-corrected chi connectivity index (χ0v) is 18.9. The predicted octanol–water partition coefficient (Wildman–Crippen LogP) is 3.15. The van der Waals surface area contributed by atoms with Gasteiger partial charge in [-0.1, -0.05) is 29.3 Å². The van der Waals surface area contributed by atoms with E-state index >= 15 is 0 Å². The maximum Gasteiger partial charge on any atom is 0.359 e. The molecule has 4 rings (SSSR count). The minimum atomic E-state index is -0.599. The lowest BCUT2D eigenvalue weighted by Gasteiger charge is -2.42. The first-order chi connectivity index (χ1) is 14.8. The first kappa shape index (κ1) is 22.1. The van der Waals surface area contributed by atoms with Crippen LogP contribution in [0.25, 0.3) is 11.4 Å². The zero-order valence-electron chi connectivity index (χ0n) is 17.4. The van der Waals surface area contributed by atoms with Gasteiger partial charge in [0.05, 0.1) is 29.9 Å². The van der Waals surface area contributed by atoms with Crippen LogP contribution in [0.3, 0.4) is 0 Å². The van der Waals surface area contributed by atoms with E-state index in [0.717, 1.165) is 12.8 Å². The summed E-state index contributed by atoms with van der Waals surface area (Å²) in [5.41, 5.74) is 13.7. The molecular weight excluding hydrogens is 441 g/mol. The van der Waals surface area contributed by atoms with Crippen LogP contribution >= 0.6 is 23.2 Å². The fourth-order valence-corrected chi connectivity index (χ4v) is 4.85. The molecule has 1 aromatic carbocycles. The number of hydrogen-bond donors (Lipinski definition) is 2. The number of nitrogens with zero attached hydrogens (tertiary/aromatic N) is 3. The number of benzene rings is 1. The first-order valence-electron chi connectivity index (χ1n) is 10.1. The van der Waals surface area contributed by atoms with Crippen LogP contribution in [-0.2, 0) is 9.47 Å². The van der Waals surface area contributed by atoms with Crippen molar-refractivity contribution in [2.24, 2.45) is 11.1 Å². The van der Waals surface area contributed by atoms with Crippen molar-refractivity contribution in [3.8, 4) is 11.4 Å². The van der Waals surface area contributed by atoms with Crippen molar-refractivity contribution in [2.45, 2.75) is 31.9 Å². The number of esters is 1. The summed E-state index contributed by atoms with van der Waals surface area (Å²) in [6, 6.07) is 5.09. The highest BCUT2D eigenvalue weighted by Crippen LogP contribution is 2.43. The van der Waals surface area contributed by atoms with Crippen molar-refractivity contribution < 1.29 is 14.3 Å². The molecular formula is C21H25Cl2N5O3. The maximum atomic E-state index is 12.6. The number of ether oxygens (including phenoxy) is 2. The van der Waals surface area contributed by atoms with Gasteiger partial charge in [-0.3, -0.25) is 0 Å². The fourth-order valence-electron chi connectivity index (χ4n) is 4.47. The Bertz CT molecular complexity index is 1010. The first-order valence-corrected chi connectivity index (χ1v) is 10.9. The van der Waals surface area contributed by atoms with E-state index in [4.69, 9.17) is 44.1 Å². The van der Waals surface area contributed by atoms with Gasteiger partial charge >= 0.3 is 5.97 Å². The zero-order chi connectivity index (χ0) is 22.3. The molecule has 4 N–H and O–H groups in total. The van der Waals surface area contributed by atoms with E-state index in [9.17, 15) is 4.79 Å². The minimum absolute atomic E-state index is 0.0179. The van der Waals surface area contributed by atoms with Crippen molar-refractivity contribution in [3.05, 3.63) is 33.9 Å².